The summed E-state index contributed by atoms with van der Waals surface area (Å²) in [7, 11) is 1.57. The van der Waals surface area contributed by atoms with Crippen molar-refractivity contribution >= 4 is 5.97 Å². The van der Waals surface area contributed by atoms with E-state index in [2.05, 4.69) is 5.32 Å². The van der Waals surface area contributed by atoms with Crippen LogP contribution in [0, 0.1) is 0 Å². The molecule has 0 bridgehead atoms. The average molecular weight is 159 g/mol. The second kappa shape index (κ2) is 2.79. The largest absolute Gasteiger partial charge is 0.480 e. The summed E-state index contributed by atoms with van der Waals surface area (Å²) in [4.78, 5) is 10.7. The van der Waals surface area contributed by atoms with Crippen LogP contribution < -0.4 is 5.32 Å². The van der Waals surface area contributed by atoms with Gasteiger partial charge in [0, 0.05) is 0 Å². The molecule has 1 aliphatic rings. The number of nitrogens with one attached hydrogen (secondary N) is 1. The summed E-state index contributed by atoms with van der Waals surface area (Å²) in [5.41, 5.74) is -1.08. The molecule has 2 atom stereocenters. The Morgan fingerprint density at radius 1 is 1.73 bits per heavy atom. The first-order valence-electron chi connectivity index (χ1n) is 3.74. The molecule has 0 unspecified atom stereocenters. The minimum absolute atomic E-state index is 0.514. The Balaban J connectivity index is 2.82. The highest BCUT2D eigenvalue weighted by molar-refractivity contribution is 5.80. The maximum atomic E-state index is 10.7. The van der Waals surface area contributed by atoms with Crippen LogP contribution in [-0.4, -0.2) is 34.9 Å². The number of aliphatic hydroxyl groups is 1. The Labute approximate surface area is 65.2 Å². The molecular formula is C7H13NO3. The Morgan fingerprint density at radius 2 is 2.36 bits per heavy atom. The van der Waals surface area contributed by atoms with E-state index < -0.39 is 17.6 Å². The normalized spacial score (nSPS) is 37.5. The molecule has 0 aromatic carbocycles. The monoisotopic (exact) mass is 159 g/mol. The van der Waals surface area contributed by atoms with Crippen molar-refractivity contribution in [2.45, 2.75) is 30.9 Å². The van der Waals surface area contributed by atoms with E-state index in [9.17, 15) is 9.90 Å². The Bertz CT molecular complexity index is 171. The fourth-order valence-corrected chi connectivity index (χ4v) is 1.64. The zero-order valence-electron chi connectivity index (χ0n) is 6.50. The lowest BCUT2D eigenvalue weighted by Gasteiger charge is -2.26. The van der Waals surface area contributed by atoms with Crippen molar-refractivity contribution in [3.63, 3.8) is 0 Å². The summed E-state index contributed by atoms with van der Waals surface area (Å²) < 4.78 is 0. The Kier molecular flexibility index (Phi) is 2.15. The van der Waals surface area contributed by atoms with Gasteiger partial charge in [0.25, 0.3) is 0 Å². The third-order valence-corrected chi connectivity index (χ3v) is 2.45. The van der Waals surface area contributed by atoms with E-state index in [1.807, 2.05) is 0 Å². The lowest BCUT2D eigenvalue weighted by atomic mass is 9.96. The molecule has 11 heavy (non-hydrogen) atoms. The number of carbonyl (C=O) groups is 1. The second-order valence-electron chi connectivity index (χ2n) is 2.93. The highest BCUT2D eigenvalue weighted by atomic mass is 16.4. The fourth-order valence-electron chi connectivity index (χ4n) is 1.64. The van der Waals surface area contributed by atoms with Crippen LogP contribution in [0.1, 0.15) is 19.3 Å². The van der Waals surface area contributed by atoms with Crippen LogP contribution in [0.5, 0.6) is 0 Å². The van der Waals surface area contributed by atoms with Gasteiger partial charge in [-0.2, -0.15) is 0 Å². The van der Waals surface area contributed by atoms with E-state index in [1.165, 1.54) is 0 Å². The minimum Gasteiger partial charge on any atom is -0.480 e. The lowest BCUT2D eigenvalue weighted by Crippen LogP contribution is -2.55. The Morgan fingerprint density at radius 3 is 2.55 bits per heavy atom. The summed E-state index contributed by atoms with van der Waals surface area (Å²) in [6.45, 7) is 0. The standard InChI is InChI=1S/C7H13NO3/c1-8-7(6(10)11)4-2-3-5(7)9/h5,8-9H,2-4H2,1H3,(H,10,11)/t5-,7-/m0/s1. The highest BCUT2D eigenvalue weighted by Gasteiger charge is 2.47. The van der Waals surface area contributed by atoms with Gasteiger partial charge in [-0.15, -0.1) is 0 Å². The molecule has 0 spiro atoms. The molecule has 1 saturated carbocycles. The summed E-state index contributed by atoms with van der Waals surface area (Å²) in [6, 6.07) is 0. The summed E-state index contributed by atoms with van der Waals surface area (Å²) in [5, 5.41) is 20.9. The highest BCUT2D eigenvalue weighted by Crippen LogP contribution is 2.29. The van der Waals surface area contributed by atoms with E-state index in [1.54, 1.807) is 7.05 Å². The molecule has 0 aromatic heterocycles. The molecule has 0 amide bonds. The van der Waals surface area contributed by atoms with Gasteiger partial charge in [-0.05, 0) is 26.3 Å². The first-order chi connectivity index (χ1) is 5.13. The van der Waals surface area contributed by atoms with Crippen LogP contribution in [0.3, 0.4) is 0 Å². The van der Waals surface area contributed by atoms with Crippen LogP contribution in [0.15, 0.2) is 0 Å². The maximum Gasteiger partial charge on any atom is 0.326 e. The Hall–Kier alpha value is -0.610. The van der Waals surface area contributed by atoms with Gasteiger partial charge in [0.15, 0.2) is 0 Å². The number of aliphatic carboxylic acids is 1. The smallest absolute Gasteiger partial charge is 0.326 e. The molecule has 0 radical (unpaired) electrons. The third kappa shape index (κ3) is 1.12. The van der Waals surface area contributed by atoms with Gasteiger partial charge in [0.2, 0.25) is 0 Å². The van der Waals surface area contributed by atoms with E-state index in [0.29, 0.717) is 12.8 Å². The van der Waals surface area contributed by atoms with Crippen molar-refractivity contribution in [2.24, 2.45) is 0 Å². The van der Waals surface area contributed by atoms with Gasteiger partial charge in [-0.3, -0.25) is 4.79 Å². The van der Waals surface area contributed by atoms with Crippen LogP contribution >= 0.6 is 0 Å². The van der Waals surface area contributed by atoms with E-state index in [0.717, 1.165) is 6.42 Å². The molecule has 4 nitrogen and oxygen atoms in total. The topological polar surface area (TPSA) is 69.6 Å². The molecule has 4 heteroatoms. The predicted molar refractivity (Wildman–Crippen MR) is 39.3 cm³/mol. The van der Waals surface area contributed by atoms with Gasteiger partial charge in [0.1, 0.15) is 5.54 Å². The van der Waals surface area contributed by atoms with Gasteiger partial charge >= 0.3 is 5.97 Å². The van der Waals surface area contributed by atoms with Crippen molar-refractivity contribution in [1.82, 2.24) is 5.32 Å². The molecular weight excluding hydrogens is 146 g/mol. The number of rotatable bonds is 2. The first-order valence-corrected chi connectivity index (χ1v) is 3.74. The summed E-state index contributed by atoms with van der Waals surface area (Å²) in [6.07, 6.45) is 1.12. The van der Waals surface area contributed by atoms with Crippen LogP contribution in [0.2, 0.25) is 0 Å². The van der Waals surface area contributed by atoms with E-state index >= 15 is 0 Å². The number of carboxylic acids is 1. The van der Waals surface area contributed by atoms with E-state index in [4.69, 9.17) is 5.11 Å². The molecule has 64 valence electrons. The molecule has 0 saturated heterocycles. The minimum atomic E-state index is -1.08. The predicted octanol–water partition coefficient (Wildman–Crippen LogP) is -0.426. The number of likely N-dealkylation sites (N-methyl/N-ethyl adjacent to an activating group) is 1. The summed E-state index contributed by atoms with van der Waals surface area (Å²) in [5.74, 6) is -0.954. The van der Waals surface area contributed by atoms with Crippen LogP contribution in [0.4, 0.5) is 0 Å². The SMILES string of the molecule is CN[C@@]1(C(=O)O)CCC[C@@H]1O. The fraction of sp³-hybridized carbons (Fsp3) is 0.857. The van der Waals surface area contributed by atoms with Crippen LogP contribution in [0.25, 0.3) is 0 Å². The molecule has 0 aliphatic heterocycles. The lowest BCUT2D eigenvalue weighted by molar-refractivity contribution is -0.148. The van der Waals surface area contributed by atoms with Crippen molar-refractivity contribution in [1.29, 1.82) is 0 Å². The van der Waals surface area contributed by atoms with Gasteiger partial charge in [-0.25, -0.2) is 0 Å². The molecule has 1 aliphatic carbocycles. The second-order valence-corrected chi connectivity index (χ2v) is 2.93. The molecule has 1 fully saturated rings. The molecule has 3 N–H and O–H groups in total. The van der Waals surface area contributed by atoms with Crippen molar-refractivity contribution in [2.75, 3.05) is 7.05 Å². The number of aliphatic hydroxyl groups excluding tert-OH is 1. The number of hydrogen-bond acceptors (Lipinski definition) is 3. The average Bonchev–Trinajstić information content (AvgIpc) is 2.32. The van der Waals surface area contributed by atoms with Gasteiger partial charge in [-0.1, -0.05) is 0 Å². The van der Waals surface area contributed by atoms with Crippen molar-refractivity contribution < 1.29 is 15.0 Å². The quantitative estimate of drug-likeness (QED) is 0.511. The van der Waals surface area contributed by atoms with Crippen molar-refractivity contribution in [3.8, 4) is 0 Å². The zero-order valence-corrected chi connectivity index (χ0v) is 6.50. The number of carboxylic acid groups (broad SMARTS) is 1. The first kappa shape index (κ1) is 8.49. The summed E-state index contributed by atoms with van der Waals surface area (Å²) >= 11 is 0. The van der Waals surface area contributed by atoms with Crippen molar-refractivity contribution in [3.05, 3.63) is 0 Å². The molecule has 0 aromatic rings. The van der Waals surface area contributed by atoms with E-state index in [-0.39, 0.29) is 0 Å². The maximum absolute atomic E-state index is 10.7. The zero-order chi connectivity index (χ0) is 8.48. The molecule has 0 heterocycles. The molecule has 1 rings (SSSR count). The van der Waals surface area contributed by atoms with Gasteiger partial charge in [0.05, 0.1) is 6.10 Å². The van der Waals surface area contributed by atoms with Crippen LogP contribution in [-0.2, 0) is 4.79 Å². The third-order valence-electron chi connectivity index (χ3n) is 2.45. The number of hydrogen-bond donors (Lipinski definition) is 3. The van der Waals surface area contributed by atoms with Gasteiger partial charge < -0.3 is 15.5 Å².